The van der Waals surface area contributed by atoms with E-state index in [1.54, 1.807) is 7.11 Å². The van der Waals surface area contributed by atoms with Gasteiger partial charge in [0.1, 0.15) is 5.75 Å². The van der Waals surface area contributed by atoms with Gasteiger partial charge >= 0.3 is 0 Å². The molecule has 182 valence electrons. The second-order valence-electron chi connectivity index (χ2n) is 9.34. The second-order valence-corrected chi connectivity index (χ2v) is 9.34. The van der Waals surface area contributed by atoms with Gasteiger partial charge in [0.25, 0.3) is 0 Å². The molecule has 5 heteroatoms. The van der Waals surface area contributed by atoms with Crippen LogP contribution >= 0.6 is 0 Å². The molecule has 1 amide bonds. The van der Waals surface area contributed by atoms with Crippen LogP contribution in [0.25, 0.3) is 6.08 Å². The third-order valence-electron chi connectivity index (χ3n) is 7.23. The topological polar surface area (TPSA) is 70.9 Å². The van der Waals surface area contributed by atoms with Gasteiger partial charge in [0.15, 0.2) is 0 Å². The van der Waals surface area contributed by atoms with Crippen molar-refractivity contribution < 1.29 is 14.7 Å². The summed E-state index contributed by atoms with van der Waals surface area (Å²) >= 11 is 0. The van der Waals surface area contributed by atoms with E-state index >= 15 is 0 Å². The monoisotopic (exact) mass is 478 g/mol. The van der Waals surface area contributed by atoms with Crippen molar-refractivity contribution in [2.45, 2.75) is 25.2 Å². The lowest BCUT2D eigenvalue weighted by Crippen LogP contribution is -2.41. The number of benzene rings is 3. The number of allylic oxidation sites excluding steroid dienone is 3. The number of methoxy groups -OCH3 is 1. The number of nitrogens with zero attached hydrogens (tertiary/aromatic N) is 1. The van der Waals surface area contributed by atoms with Crippen molar-refractivity contribution in [2.75, 3.05) is 12.4 Å². The number of hydrogen-bond donors (Lipinski definition) is 2. The zero-order chi connectivity index (χ0) is 24.9. The number of rotatable bonds is 5. The van der Waals surface area contributed by atoms with Gasteiger partial charge in [-0.1, -0.05) is 71.9 Å². The number of amides is 1. The number of fused-ring (bicyclic) bond motifs is 1. The molecule has 2 aliphatic carbocycles. The molecule has 2 N–H and O–H groups in total. The Morgan fingerprint density at radius 3 is 2.36 bits per heavy atom. The van der Waals surface area contributed by atoms with Gasteiger partial charge in [-0.15, -0.1) is 0 Å². The first-order valence-corrected chi connectivity index (χ1v) is 12.4. The lowest BCUT2D eigenvalue weighted by atomic mass is 9.62. The SMILES string of the molecule is COc1ccc(NC(=O)C2/C(=N\O)C=C3/C(=C\c4ccccc4)CCCC3C2c2ccccc2)cc1. The molecule has 0 aromatic heterocycles. The summed E-state index contributed by atoms with van der Waals surface area (Å²) in [4.78, 5) is 13.7. The average molecular weight is 479 g/mol. The fourth-order valence-electron chi connectivity index (χ4n) is 5.58. The highest BCUT2D eigenvalue weighted by atomic mass is 16.5. The molecule has 1 fully saturated rings. The molecule has 3 aromatic carbocycles. The predicted molar refractivity (Wildman–Crippen MR) is 143 cm³/mol. The maximum atomic E-state index is 13.7. The predicted octanol–water partition coefficient (Wildman–Crippen LogP) is 6.69. The zero-order valence-corrected chi connectivity index (χ0v) is 20.3. The van der Waals surface area contributed by atoms with Crippen LogP contribution in [0.2, 0.25) is 0 Å². The highest BCUT2D eigenvalue weighted by Crippen LogP contribution is 2.49. The van der Waals surface area contributed by atoms with E-state index < -0.39 is 5.92 Å². The van der Waals surface area contributed by atoms with Crippen LogP contribution in [0.15, 0.2) is 107 Å². The molecule has 0 bridgehead atoms. The number of hydrogen-bond acceptors (Lipinski definition) is 4. The molecule has 3 aromatic rings. The molecule has 5 rings (SSSR count). The minimum Gasteiger partial charge on any atom is -0.497 e. The number of oxime groups is 1. The largest absolute Gasteiger partial charge is 0.497 e. The fraction of sp³-hybridized carbons (Fsp3) is 0.226. The number of carbonyl (C=O) groups is 1. The van der Waals surface area contributed by atoms with Gasteiger partial charge < -0.3 is 15.3 Å². The second kappa shape index (κ2) is 10.6. The molecule has 1 saturated carbocycles. The lowest BCUT2D eigenvalue weighted by Gasteiger charge is -2.41. The Hall–Kier alpha value is -4.12. The minimum atomic E-state index is -0.621. The molecular formula is C31H30N2O3. The number of anilines is 1. The van der Waals surface area contributed by atoms with Crippen molar-refractivity contribution in [1.29, 1.82) is 0 Å². The van der Waals surface area contributed by atoms with Crippen molar-refractivity contribution in [3.63, 3.8) is 0 Å². The normalized spacial score (nSPS) is 23.6. The maximum Gasteiger partial charge on any atom is 0.234 e. The van der Waals surface area contributed by atoms with E-state index in [4.69, 9.17) is 4.74 Å². The average Bonchev–Trinajstić information content (AvgIpc) is 2.93. The summed E-state index contributed by atoms with van der Waals surface area (Å²) in [6.45, 7) is 0. The third-order valence-corrected chi connectivity index (χ3v) is 7.23. The van der Waals surface area contributed by atoms with Crippen molar-refractivity contribution in [3.05, 3.63) is 113 Å². The summed E-state index contributed by atoms with van der Waals surface area (Å²) in [7, 11) is 1.61. The summed E-state index contributed by atoms with van der Waals surface area (Å²) in [6.07, 6.45) is 7.15. The van der Waals surface area contributed by atoms with Gasteiger partial charge in [-0.2, -0.15) is 0 Å². The first-order chi connectivity index (χ1) is 17.7. The number of carbonyl (C=O) groups excluding carboxylic acids is 1. The van der Waals surface area contributed by atoms with Crippen LogP contribution in [0.4, 0.5) is 5.69 Å². The molecule has 0 spiro atoms. The van der Waals surface area contributed by atoms with E-state index in [1.807, 2.05) is 66.7 Å². The van der Waals surface area contributed by atoms with Gasteiger partial charge in [-0.05, 0) is 77.8 Å². The summed E-state index contributed by atoms with van der Waals surface area (Å²) in [6, 6.07) is 27.7. The highest BCUT2D eigenvalue weighted by Gasteiger charge is 2.45. The number of ether oxygens (including phenoxy) is 1. The van der Waals surface area contributed by atoms with Crippen LogP contribution in [0, 0.1) is 11.8 Å². The molecular weight excluding hydrogens is 448 g/mol. The summed E-state index contributed by atoms with van der Waals surface area (Å²) < 4.78 is 5.23. The smallest absolute Gasteiger partial charge is 0.234 e. The van der Waals surface area contributed by atoms with Crippen LogP contribution in [-0.2, 0) is 4.79 Å². The zero-order valence-electron chi connectivity index (χ0n) is 20.3. The van der Waals surface area contributed by atoms with Crippen LogP contribution in [-0.4, -0.2) is 23.9 Å². The van der Waals surface area contributed by atoms with Crippen molar-refractivity contribution in [3.8, 4) is 5.75 Å². The first kappa shape index (κ1) is 23.6. The molecule has 3 unspecified atom stereocenters. The standard InChI is InChI=1S/C31H30N2O3/c1-36-25-17-15-24(16-18-25)32-31(34)30-28(33-35)20-27-23(19-21-9-4-2-5-10-21)13-8-14-26(27)29(30)22-11-6-3-7-12-22/h2-7,9-12,15-20,26,29-30,35H,8,13-14H2,1H3,(H,32,34)/b23-19-,33-28-. The Kier molecular flexibility index (Phi) is 6.99. The van der Waals surface area contributed by atoms with E-state index in [0.717, 1.165) is 36.1 Å². The minimum absolute atomic E-state index is 0.144. The molecule has 0 saturated heterocycles. The van der Waals surface area contributed by atoms with Crippen molar-refractivity contribution in [2.24, 2.45) is 17.0 Å². The Morgan fingerprint density at radius 1 is 1.00 bits per heavy atom. The Balaban J connectivity index is 1.56. The molecule has 36 heavy (non-hydrogen) atoms. The van der Waals surface area contributed by atoms with E-state index in [2.05, 4.69) is 40.8 Å². The number of nitrogens with one attached hydrogen (secondary N) is 1. The van der Waals surface area contributed by atoms with E-state index in [9.17, 15) is 10.0 Å². The van der Waals surface area contributed by atoms with Crippen LogP contribution in [0.5, 0.6) is 5.75 Å². The quantitative estimate of drug-likeness (QED) is 0.317. The van der Waals surface area contributed by atoms with Gasteiger partial charge in [-0.3, -0.25) is 4.79 Å². The van der Waals surface area contributed by atoms with Crippen LogP contribution in [0.3, 0.4) is 0 Å². The molecule has 0 radical (unpaired) electrons. The Bertz CT molecular complexity index is 1290. The van der Waals surface area contributed by atoms with Crippen molar-refractivity contribution >= 4 is 23.4 Å². The molecule has 3 atom stereocenters. The molecule has 0 aliphatic heterocycles. The van der Waals surface area contributed by atoms with E-state index in [0.29, 0.717) is 11.4 Å². The van der Waals surface area contributed by atoms with Gasteiger partial charge in [0, 0.05) is 11.6 Å². The first-order valence-electron chi connectivity index (χ1n) is 12.4. The van der Waals surface area contributed by atoms with E-state index in [-0.39, 0.29) is 17.7 Å². The van der Waals surface area contributed by atoms with Crippen molar-refractivity contribution in [1.82, 2.24) is 0 Å². The fourth-order valence-corrected chi connectivity index (χ4v) is 5.58. The molecule has 0 heterocycles. The molecule has 5 nitrogen and oxygen atoms in total. The van der Waals surface area contributed by atoms with Gasteiger partial charge in [-0.25, -0.2) is 0 Å². The summed E-state index contributed by atoms with van der Waals surface area (Å²) in [5.74, 6) is -0.0818. The Morgan fingerprint density at radius 2 is 1.69 bits per heavy atom. The highest BCUT2D eigenvalue weighted by molar-refractivity contribution is 6.15. The summed E-state index contributed by atoms with van der Waals surface area (Å²) in [5, 5.41) is 16.8. The Labute approximate surface area is 211 Å². The van der Waals surface area contributed by atoms with E-state index in [1.165, 1.54) is 11.1 Å². The maximum absolute atomic E-state index is 13.7. The summed E-state index contributed by atoms with van der Waals surface area (Å²) in [5.41, 5.74) is 5.70. The van der Waals surface area contributed by atoms with Gasteiger partial charge in [0.05, 0.1) is 18.7 Å². The van der Waals surface area contributed by atoms with Gasteiger partial charge in [0.2, 0.25) is 5.91 Å². The van der Waals surface area contributed by atoms with Crippen LogP contribution in [0.1, 0.15) is 36.3 Å². The molecule has 2 aliphatic rings. The lowest BCUT2D eigenvalue weighted by molar-refractivity contribution is -0.119. The van der Waals surface area contributed by atoms with Crippen LogP contribution < -0.4 is 10.1 Å². The third kappa shape index (κ3) is 4.82.